The van der Waals surface area contributed by atoms with Crippen molar-refractivity contribution in [2.75, 3.05) is 6.61 Å². The Kier molecular flexibility index (Phi) is 4.64. The Morgan fingerprint density at radius 3 is 2.40 bits per heavy atom. The second-order valence-electron chi connectivity index (χ2n) is 6.70. The van der Waals surface area contributed by atoms with E-state index in [1.54, 1.807) is 31.6 Å². The number of esters is 1. The molecule has 0 saturated carbocycles. The van der Waals surface area contributed by atoms with E-state index >= 15 is 0 Å². The van der Waals surface area contributed by atoms with E-state index in [-0.39, 0.29) is 5.41 Å². The second-order valence-corrected chi connectivity index (χ2v) is 6.70. The highest BCUT2D eigenvalue weighted by molar-refractivity contribution is 5.77. The van der Waals surface area contributed by atoms with Crippen molar-refractivity contribution in [1.29, 1.82) is 0 Å². The average Bonchev–Trinajstić information content (AvgIpc) is 2.70. The number of rotatable bonds is 4. The van der Waals surface area contributed by atoms with Crippen LogP contribution in [0.5, 0.6) is 0 Å². The number of aromatic nitrogens is 2. The molecule has 0 saturated heterocycles. The Bertz CT molecular complexity index is 484. The summed E-state index contributed by atoms with van der Waals surface area (Å²) >= 11 is 0. The summed E-state index contributed by atoms with van der Waals surface area (Å²) in [6.07, 6.45) is 0.816. The molecule has 0 radical (unpaired) electrons. The SMILES string of the molecule is CCOC(=O)C(C)(C)C(O)c1cn(C)nc1C(C)(C)C. The Labute approximate surface area is 120 Å². The van der Waals surface area contributed by atoms with Crippen molar-refractivity contribution in [3.05, 3.63) is 17.5 Å². The van der Waals surface area contributed by atoms with E-state index in [1.165, 1.54) is 0 Å². The first-order valence-electron chi connectivity index (χ1n) is 6.91. The lowest BCUT2D eigenvalue weighted by Gasteiger charge is -2.29. The van der Waals surface area contributed by atoms with Crippen molar-refractivity contribution in [3.63, 3.8) is 0 Å². The first kappa shape index (κ1) is 16.7. The number of aryl methyl sites for hydroxylation is 1. The van der Waals surface area contributed by atoms with Gasteiger partial charge in [-0.2, -0.15) is 5.10 Å². The molecule has 20 heavy (non-hydrogen) atoms. The molecular formula is C15H26N2O3. The number of carbonyl (C=O) groups is 1. The van der Waals surface area contributed by atoms with Gasteiger partial charge >= 0.3 is 5.97 Å². The zero-order valence-corrected chi connectivity index (χ0v) is 13.5. The smallest absolute Gasteiger partial charge is 0.314 e. The third-order valence-corrected chi connectivity index (χ3v) is 3.35. The van der Waals surface area contributed by atoms with Crippen molar-refractivity contribution in [2.45, 2.75) is 53.1 Å². The van der Waals surface area contributed by atoms with Crippen molar-refractivity contribution >= 4 is 5.97 Å². The number of aliphatic hydroxyl groups is 1. The van der Waals surface area contributed by atoms with Crippen LogP contribution < -0.4 is 0 Å². The van der Waals surface area contributed by atoms with E-state index in [4.69, 9.17) is 4.74 Å². The Hall–Kier alpha value is -1.36. The van der Waals surface area contributed by atoms with E-state index in [0.29, 0.717) is 12.2 Å². The predicted molar refractivity (Wildman–Crippen MR) is 77.3 cm³/mol. The molecule has 0 fully saturated rings. The maximum Gasteiger partial charge on any atom is 0.314 e. The molecule has 0 aliphatic rings. The lowest BCUT2D eigenvalue weighted by molar-refractivity contribution is -0.160. The van der Waals surface area contributed by atoms with Gasteiger partial charge in [0.2, 0.25) is 0 Å². The van der Waals surface area contributed by atoms with Crippen molar-refractivity contribution < 1.29 is 14.6 Å². The van der Waals surface area contributed by atoms with E-state index in [0.717, 1.165) is 5.69 Å². The fourth-order valence-electron chi connectivity index (χ4n) is 2.11. The molecule has 1 rings (SSSR count). The van der Waals surface area contributed by atoms with Crippen LogP contribution >= 0.6 is 0 Å². The Morgan fingerprint density at radius 2 is 1.95 bits per heavy atom. The summed E-state index contributed by atoms with van der Waals surface area (Å²) in [4.78, 5) is 12.0. The lowest BCUT2D eigenvalue weighted by atomic mass is 9.79. The van der Waals surface area contributed by atoms with E-state index in [2.05, 4.69) is 5.10 Å². The fourth-order valence-corrected chi connectivity index (χ4v) is 2.11. The fraction of sp³-hybridized carbons (Fsp3) is 0.733. The van der Waals surface area contributed by atoms with Gasteiger partial charge in [0, 0.05) is 24.2 Å². The van der Waals surface area contributed by atoms with Crippen LogP contribution in [0.2, 0.25) is 0 Å². The van der Waals surface area contributed by atoms with Gasteiger partial charge in [0.1, 0.15) is 0 Å². The molecule has 1 heterocycles. The molecule has 5 nitrogen and oxygen atoms in total. The highest BCUT2D eigenvalue weighted by atomic mass is 16.5. The first-order chi connectivity index (χ1) is 9.01. The molecule has 1 aromatic rings. The molecular weight excluding hydrogens is 256 g/mol. The summed E-state index contributed by atoms with van der Waals surface area (Å²) in [5, 5.41) is 15.1. The van der Waals surface area contributed by atoms with Crippen molar-refractivity contribution in [1.82, 2.24) is 9.78 Å². The molecule has 0 aliphatic heterocycles. The van der Waals surface area contributed by atoms with Gasteiger partial charge in [-0.05, 0) is 20.8 Å². The highest BCUT2D eigenvalue weighted by Crippen LogP contribution is 2.38. The average molecular weight is 282 g/mol. The summed E-state index contributed by atoms with van der Waals surface area (Å²) in [5.41, 5.74) is 0.254. The standard InChI is InChI=1S/C15H26N2O3/c1-8-20-13(19)15(5,6)12(18)10-9-17(7)16-11(10)14(2,3)4/h9,12,18H,8H2,1-7H3. The van der Waals surface area contributed by atoms with Crippen LogP contribution in [-0.2, 0) is 22.0 Å². The zero-order valence-electron chi connectivity index (χ0n) is 13.5. The third kappa shape index (κ3) is 3.20. The first-order valence-corrected chi connectivity index (χ1v) is 6.91. The van der Waals surface area contributed by atoms with Crippen LogP contribution in [0.25, 0.3) is 0 Å². The molecule has 1 aromatic heterocycles. The van der Waals surface area contributed by atoms with Crippen molar-refractivity contribution in [2.24, 2.45) is 12.5 Å². The summed E-state index contributed by atoms with van der Waals surface area (Å²) in [5.74, 6) is -0.406. The zero-order chi connectivity index (χ0) is 15.7. The summed E-state index contributed by atoms with van der Waals surface area (Å²) < 4.78 is 6.72. The summed E-state index contributed by atoms with van der Waals surface area (Å²) in [7, 11) is 1.81. The number of carbonyl (C=O) groups excluding carboxylic acids is 1. The number of hydrogen-bond donors (Lipinski definition) is 1. The highest BCUT2D eigenvalue weighted by Gasteiger charge is 2.41. The van der Waals surface area contributed by atoms with Gasteiger partial charge in [0.15, 0.2) is 0 Å². The molecule has 1 N–H and O–H groups in total. The van der Waals surface area contributed by atoms with Crippen molar-refractivity contribution in [3.8, 4) is 0 Å². The third-order valence-electron chi connectivity index (χ3n) is 3.35. The van der Waals surface area contributed by atoms with E-state index < -0.39 is 17.5 Å². The summed E-state index contributed by atoms with van der Waals surface area (Å²) in [6, 6.07) is 0. The van der Waals surface area contributed by atoms with Gasteiger partial charge in [0.05, 0.1) is 23.8 Å². The quantitative estimate of drug-likeness (QED) is 0.861. The minimum atomic E-state index is -1.01. The number of ether oxygens (including phenoxy) is 1. The number of nitrogens with zero attached hydrogens (tertiary/aromatic N) is 2. The minimum absolute atomic E-state index is 0.206. The molecule has 1 unspecified atom stereocenters. The van der Waals surface area contributed by atoms with Gasteiger partial charge in [0.25, 0.3) is 0 Å². The minimum Gasteiger partial charge on any atom is -0.465 e. The molecule has 0 aromatic carbocycles. The molecule has 114 valence electrons. The normalized spacial score (nSPS) is 14.2. The van der Waals surface area contributed by atoms with Crippen LogP contribution in [0, 0.1) is 5.41 Å². The Balaban J connectivity index is 3.21. The van der Waals surface area contributed by atoms with Gasteiger partial charge in [-0.25, -0.2) is 0 Å². The monoisotopic (exact) mass is 282 g/mol. The molecule has 5 heteroatoms. The van der Waals surface area contributed by atoms with Gasteiger partial charge in [-0.15, -0.1) is 0 Å². The lowest BCUT2D eigenvalue weighted by Crippen LogP contribution is -2.34. The summed E-state index contributed by atoms with van der Waals surface area (Å²) in [6.45, 7) is 11.5. The van der Waals surface area contributed by atoms with Gasteiger partial charge in [-0.1, -0.05) is 20.8 Å². The molecule has 1 atom stereocenters. The number of hydrogen-bond acceptors (Lipinski definition) is 4. The van der Waals surface area contributed by atoms with Gasteiger partial charge < -0.3 is 9.84 Å². The van der Waals surface area contributed by atoms with E-state index in [1.807, 2.05) is 27.8 Å². The topological polar surface area (TPSA) is 64.3 Å². The maximum atomic E-state index is 12.0. The van der Waals surface area contributed by atoms with Crippen LogP contribution in [0.4, 0.5) is 0 Å². The predicted octanol–water partition coefficient (Wildman–Crippen LogP) is 2.34. The largest absolute Gasteiger partial charge is 0.465 e. The Morgan fingerprint density at radius 1 is 1.40 bits per heavy atom. The molecule has 0 bridgehead atoms. The van der Waals surface area contributed by atoms with E-state index in [9.17, 15) is 9.90 Å². The van der Waals surface area contributed by atoms with Crippen LogP contribution in [-0.4, -0.2) is 27.5 Å². The van der Waals surface area contributed by atoms with Crippen LogP contribution in [0.1, 0.15) is 58.9 Å². The molecule has 0 spiro atoms. The number of aliphatic hydroxyl groups excluding tert-OH is 1. The maximum absolute atomic E-state index is 12.0. The molecule has 0 amide bonds. The molecule has 0 aliphatic carbocycles. The van der Waals surface area contributed by atoms with Crippen LogP contribution in [0.3, 0.4) is 0 Å². The second kappa shape index (κ2) is 5.56. The van der Waals surface area contributed by atoms with Crippen LogP contribution in [0.15, 0.2) is 6.20 Å². The van der Waals surface area contributed by atoms with Gasteiger partial charge in [-0.3, -0.25) is 9.48 Å².